The van der Waals surface area contributed by atoms with Gasteiger partial charge in [0.1, 0.15) is 5.82 Å². The highest BCUT2D eigenvalue weighted by molar-refractivity contribution is 5.87. The third-order valence-corrected chi connectivity index (χ3v) is 3.82. The van der Waals surface area contributed by atoms with Gasteiger partial charge in [-0.1, -0.05) is 26.0 Å². The zero-order valence-electron chi connectivity index (χ0n) is 10.5. The molecule has 0 saturated carbocycles. The maximum atomic E-state index is 13.9. The van der Waals surface area contributed by atoms with E-state index in [4.69, 9.17) is 0 Å². The van der Waals surface area contributed by atoms with E-state index in [2.05, 4.69) is 19.2 Å². The molecule has 3 rings (SSSR count). The van der Waals surface area contributed by atoms with Crippen LogP contribution in [0.4, 0.5) is 4.39 Å². The zero-order valence-corrected chi connectivity index (χ0v) is 10.5. The third kappa shape index (κ3) is 1.35. The number of fused-ring (bicyclic) bond motifs is 3. The van der Waals surface area contributed by atoms with Crippen LogP contribution in [0.2, 0.25) is 0 Å². The lowest BCUT2D eigenvalue weighted by Crippen LogP contribution is -2.38. The Morgan fingerprint density at radius 3 is 2.88 bits per heavy atom. The smallest absolute Gasteiger partial charge is 0.147 e. The Morgan fingerprint density at radius 1 is 1.35 bits per heavy atom. The summed E-state index contributed by atoms with van der Waals surface area (Å²) < 4.78 is 15.9. The molecule has 1 aromatic carbocycles. The van der Waals surface area contributed by atoms with Crippen molar-refractivity contribution in [2.24, 2.45) is 7.05 Å². The maximum Gasteiger partial charge on any atom is 0.147 e. The summed E-state index contributed by atoms with van der Waals surface area (Å²) >= 11 is 0. The lowest BCUT2D eigenvalue weighted by atomic mass is 9.80. The molecular formula is C14H17FN2. The van der Waals surface area contributed by atoms with E-state index in [1.807, 2.05) is 17.7 Å². The lowest BCUT2D eigenvalue weighted by Gasteiger charge is -2.31. The highest BCUT2D eigenvalue weighted by Crippen LogP contribution is 2.38. The topological polar surface area (TPSA) is 17.0 Å². The van der Waals surface area contributed by atoms with Crippen LogP contribution in [-0.4, -0.2) is 11.1 Å². The second kappa shape index (κ2) is 3.33. The molecule has 0 unspecified atom stereocenters. The van der Waals surface area contributed by atoms with E-state index in [1.165, 1.54) is 17.3 Å². The Balaban J connectivity index is 2.47. The molecule has 2 nitrogen and oxygen atoms in total. The van der Waals surface area contributed by atoms with Crippen LogP contribution in [-0.2, 0) is 19.0 Å². The van der Waals surface area contributed by atoms with Crippen molar-refractivity contribution >= 4 is 10.9 Å². The molecule has 0 saturated heterocycles. The number of hydrogen-bond acceptors (Lipinski definition) is 1. The minimum absolute atomic E-state index is 0.0564. The van der Waals surface area contributed by atoms with Crippen molar-refractivity contribution in [2.45, 2.75) is 25.8 Å². The summed E-state index contributed by atoms with van der Waals surface area (Å²) in [5.74, 6) is -0.129. The number of para-hydroxylation sites is 1. The molecule has 17 heavy (non-hydrogen) atoms. The standard InChI is InChI=1S/C14H17FN2/c1-14(2)8-16-7-11-12(14)9-5-4-6-10(15)13(9)17(11)3/h4-6,16H,7-8H2,1-3H3. The van der Waals surface area contributed by atoms with Gasteiger partial charge in [0.2, 0.25) is 0 Å². The molecule has 1 aliphatic heterocycles. The minimum atomic E-state index is -0.129. The molecule has 2 heterocycles. The largest absolute Gasteiger partial charge is 0.344 e. The maximum absolute atomic E-state index is 13.9. The van der Waals surface area contributed by atoms with Crippen LogP contribution < -0.4 is 5.32 Å². The number of nitrogens with zero attached hydrogens (tertiary/aromatic N) is 1. The van der Waals surface area contributed by atoms with E-state index in [0.29, 0.717) is 0 Å². The Morgan fingerprint density at radius 2 is 2.12 bits per heavy atom. The summed E-state index contributed by atoms with van der Waals surface area (Å²) in [7, 11) is 1.95. The Labute approximate surface area is 100 Å². The summed E-state index contributed by atoms with van der Waals surface area (Å²) in [6, 6.07) is 5.37. The van der Waals surface area contributed by atoms with Crippen LogP contribution in [0.25, 0.3) is 10.9 Å². The second-order valence-corrected chi connectivity index (χ2v) is 5.50. The molecule has 0 bridgehead atoms. The van der Waals surface area contributed by atoms with Gasteiger partial charge in [-0.15, -0.1) is 0 Å². The first-order valence-corrected chi connectivity index (χ1v) is 5.99. The number of rotatable bonds is 0. The first-order chi connectivity index (χ1) is 8.02. The fraction of sp³-hybridized carbons (Fsp3) is 0.429. The molecule has 1 aliphatic rings. The molecular weight excluding hydrogens is 215 g/mol. The number of hydrogen-bond donors (Lipinski definition) is 1. The Kier molecular flexibility index (Phi) is 2.11. The monoisotopic (exact) mass is 232 g/mol. The van der Waals surface area contributed by atoms with Gasteiger partial charge in [0, 0.05) is 36.6 Å². The predicted molar refractivity (Wildman–Crippen MR) is 67.6 cm³/mol. The number of halogens is 1. The van der Waals surface area contributed by atoms with Crippen molar-refractivity contribution in [1.82, 2.24) is 9.88 Å². The van der Waals surface area contributed by atoms with Crippen molar-refractivity contribution < 1.29 is 4.39 Å². The highest BCUT2D eigenvalue weighted by Gasteiger charge is 2.32. The number of aryl methyl sites for hydroxylation is 1. The first-order valence-electron chi connectivity index (χ1n) is 5.99. The van der Waals surface area contributed by atoms with Gasteiger partial charge in [-0.3, -0.25) is 0 Å². The van der Waals surface area contributed by atoms with Crippen molar-refractivity contribution in [3.05, 3.63) is 35.3 Å². The van der Waals surface area contributed by atoms with Crippen LogP contribution in [0.3, 0.4) is 0 Å². The molecule has 0 amide bonds. The van der Waals surface area contributed by atoms with Gasteiger partial charge in [-0.25, -0.2) is 4.39 Å². The molecule has 0 radical (unpaired) electrons. The number of aromatic nitrogens is 1. The van der Waals surface area contributed by atoms with Crippen molar-refractivity contribution in [3.8, 4) is 0 Å². The van der Waals surface area contributed by atoms with E-state index in [-0.39, 0.29) is 11.2 Å². The van der Waals surface area contributed by atoms with Gasteiger partial charge in [0.15, 0.2) is 0 Å². The Hall–Kier alpha value is -1.35. The second-order valence-electron chi connectivity index (χ2n) is 5.50. The molecule has 0 aliphatic carbocycles. The van der Waals surface area contributed by atoms with E-state index in [0.717, 1.165) is 24.0 Å². The summed E-state index contributed by atoms with van der Waals surface area (Å²) in [4.78, 5) is 0. The van der Waals surface area contributed by atoms with Gasteiger partial charge < -0.3 is 9.88 Å². The molecule has 90 valence electrons. The van der Waals surface area contributed by atoms with Gasteiger partial charge in [0.25, 0.3) is 0 Å². The molecule has 1 N–H and O–H groups in total. The minimum Gasteiger partial charge on any atom is -0.344 e. The molecule has 3 heteroatoms. The summed E-state index contributed by atoms with van der Waals surface area (Å²) in [6.45, 7) is 6.18. The van der Waals surface area contributed by atoms with E-state index >= 15 is 0 Å². The van der Waals surface area contributed by atoms with Gasteiger partial charge >= 0.3 is 0 Å². The molecule has 1 aromatic heterocycles. The summed E-state index contributed by atoms with van der Waals surface area (Å²) in [5, 5.41) is 4.47. The lowest BCUT2D eigenvalue weighted by molar-refractivity contribution is 0.429. The average molecular weight is 232 g/mol. The summed E-state index contributed by atoms with van der Waals surface area (Å²) in [5.41, 5.74) is 3.30. The number of benzene rings is 1. The van der Waals surface area contributed by atoms with Crippen LogP contribution in [0.5, 0.6) is 0 Å². The van der Waals surface area contributed by atoms with E-state index in [1.54, 1.807) is 6.07 Å². The van der Waals surface area contributed by atoms with Gasteiger partial charge in [0.05, 0.1) is 5.52 Å². The molecule has 0 spiro atoms. The third-order valence-electron chi connectivity index (χ3n) is 3.82. The van der Waals surface area contributed by atoms with Crippen molar-refractivity contribution in [1.29, 1.82) is 0 Å². The molecule has 2 aromatic rings. The normalized spacial score (nSPS) is 18.4. The first kappa shape index (κ1) is 10.8. The van der Waals surface area contributed by atoms with Crippen LogP contribution in [0.1, 0.15) is 25.1 Å². The van der Waals surface area contributed by atoms with Gasteiger partial charge in [-0.05, 0) is 11.6 Å². The van der Waals surface area contributed by atoms with Crippen LogP contribution in [0.15, 0.2) is 18.2 Å². The highest BCUT2D eigenvalue weighted by atomic mass is 19.1. The molecule has 0 fully saturated rings. The fourth-order valence-corrected chi connectivity index (χ4v) is 3.06. The Bertz CT molecular complexity index is 596. The molecule has 0 atom stereocenters. The van der Waals surface area contributed by atoms with Crippen LogP contribution in [0, 0.1) is 5.82 Å². The van der Waals surface area contributed by atoms with Crippen LogP contribution >= 0.6 is 0 Å². The van der Waals surface area contributed by atoms with Gasteiger partial charge in [-0.2, -0.15) is 0 Å². The zero-order chi connectivity index (χ0) is 12.2. The van der Waals surface area contributed by atoms with Crippen molar-refractivity contribution in [2.75, 3.05) is 6.54 Å². The van der Waals surface area contributed by atoms with E-state index in [9.17, 15) is 4.39 Å². The number of nitrogens with one attached hydrogen (secondary N) is 1. The van der Waals surface area contributed by atoms with Crippen molar-refractivity contribution in [3.63, 3.8) is 0 Å². The SMILES string of the molecule is Cn1c2c(c3cccc(F)c31)C(C)(C)CNC2. The quantitative estimate of drug-likeness (QED) is 0.739. The summed E-state index contributed by atoms with van der Waals surface area (Å²) in [6.07, 6.45) is 0. The predicted octanol–water partition coefficient (Wildman–Crippen LogP) is 2.70. The van der Waals surface area contributed by atoms with E-state index < -0.39 is 0 Å². The fourth-order valence-electron chi connectivity index (χ4n) is 3.06. The average Bonchev–Trinajstić information content (AvgIpc) is 2.55.